The van der Waals surface area contributed by atoms with Crippen LogP contribution in [-0.4, -0.2) is 37.6 Å². The molecule has 0 atom stereocenters. The zero-order valence-corrected chi connectivity index (χ0v) is 16.0. The van der Waals surface area contributed by atoms with Gasteiger partial charge in [0.25, 0.3) is 5.91 Å². The Morgan fingerprint density at radius 3 is 2.56 bits per heavy atom. The molecule has 0 saturated carbocycles. The topological polar surface area (TPSA) is 127 Å². The number of primary amides is 1. The van der Waals surface area contributed by atoms with E-state index >= 15 is 0 Å². The lowest BCUT2D eigenvalue weighted by Crippen LogP contribution is -2.19. The number of hydrogen-bond acceptors (Lipinski definition) is 7. The number of aromatic nitrogens is 2. The minimum Gasteiger partial charge on any atom is -0.365 e. The van der Waals surface area contributed by atoms with Crippen molar-refractivity contribution < 1.29 is 13.2 Å². The highest BCUT2D eigenvalue weighted by molar-refractivity contribution is 7.98. The van der Waals surface area contributed by atoms with Crippen LogP contribution < -0.4 is 15.8 Å². The van der Waals surface area contributed by atoms with Crippen molar-refractivity contribution in [3.05, 3.63) is 34.5 Å². The number of rotatable bonds is 6. The Bertz CT molecular complexity index is 934. The highest BCUT2D eigenvalue weighted by Gasteiger charge is 2.19. The molecule has 1 aromatic carbocycles. The van der Waals surface area contributed by atoms with E-state index in [1.807, 2.05) is 0 Å². The third-order valence-corrected chi connectivity index (χ3v) is 5.55. The molecule has 0 radical (unpaired) electrons. The lowest BCUT2D eigenvalue weighted by molar-refractivity contribution is 0.100. The zero-order chi connectivity index (χ0) is 18.8. The number of nitrogens with two attached hydrogens (primary N) is 1. The van der Waals surface area contributed by atoms with Crippen molar-refractivity contribution in [2.75, 3.05) is 18.6 Å². The molecular weight excluding hydrogens is 386 g/mol. The molecule has 0 aliphatic heterocycles. The molecule has 0 spiro atoms. The first kappa shape index (κ1) is 19.4. The highest BCUT2D eigenvalue weighted by Crippen LogP contribution is 2.29. The van der Waals surface area contributed by atoms with E-state index < -0.39 is 15.9 Å². The fourth-order valence-corrected chi connectivity index (χ4v) is 3.40. The van der Waals surface area contributed by atoms with E-state index in [4.69, 9.17) is 17.3 Å². The fraction of sp³-hybridized carbons (Fsp3) is 0.214. The summed E-state index contributed by atoms with van der Waals surface area (Å²) in [6.07, 6.45) is 1.75. The van der Waals surface area contributed by atoms with Crippen LogP contribution in [0.15, 0.2) is 28.3 Å². The number of carbonyl (C=O) groups is 1. The smallest absolute Gasteiger partial charge is 0.255 e. The normalized spacial score (nSPS) is 11.4. The van der Waals surface area contributed by atoms with E-state index in [9.17, 15) is 13.2 Å². The molecule has 1 heterocycles. The lowest BCUT2D eigenvalue weighted by Gasteiger charge is -2.14. The Labute approximate surface area is 154 Å². The largest absolute Gasteiger partial charge is 0.365 e. The van der Waals surface area contributed by atoms with Gasteiger partial charge in [0, 0.05) is 5.69 Å². The average Bonchev–Trinajstić information content (AvgIpc) is 2.55. The van der Waals surface area contributed by atoms with Crippen LogP contribution in [0.4, 0.5) is 11.5 Å². The van der Waals surface area contributed by atoms with Gasteiger partial charge >= 0.3 is 0 Å². The first-order valence-electron chi connectivity index (χ1n) is 6.92. The molecule has 1 amide bonds. The van der Waals surface area contributed by atoms with E-state index in [1.165, 1.54) is 30.9 Å². The number of carbonyl (C=O) groups excluding carboxylic acids is 1. The van der Waals surface area contributed by atoms with Gasteiger partial charge in [-0.2, -0.15) is 0 Å². The van der Waals surface area contributed by atoms with E-state index in [-0.39, 0.29) is 21.4 Å². The molecule has 1 aromatic heterocycles. The van der Waals surface area contributed by atoms with Gasteiger partial charge in [0.05, 0.1) is 4.90 Å². The van der Waals surface area contributed by atoms with Crippen molar-refractivity contribution in [3.8, 4) is 0 Å². The predicted octanol–water partition coefficient (Wildman–Crippen LogP) is 1.91. The number of amides is 1. The fourth-order valence-electron chi connectivity index (χ4n) is 1.96. The van der Waals surface area contributed by atoms with Crippen molar-refractivity contribution in [3.63, 3.8) is 0 Å². The third-order valence-electron chi connectivity index (χ3n) is 3.31. The van der Waals surface area contributed by atoms with Gasteiger partial charge in [-0.25, -0.2) is 23.1 Å². The second-order valence-electron chi connectivity index (χ2n) is 4.90. The predicted molar refractivity (Wildman–Crippen MR) is 98.0 cm³/mol. The molecule has 2 rings (SSSR count). The molecule has 2 aromatic rings. The third kappa shape index (κ3) is 4.21. The molecule has 134 valence electrons. The van der Waals surface area contributed by atoms with E-state index in [0.29, 0.717) is 10.8 Å². The number of halogens is 1. The Kier molecular flexibility index (Phi) is 5.88. The van der Waals surface area contributed by atoms with Crippen LogP contribution in [0.3, 0.4) is 0 Å². The number of benzene rings is 1. The molecule has 0 saturated heterocycles. The van der Waals surface area contributed by atoms with Gasteiger partial charge in [0.15, 0.2) is 5.16 Å². The van der Waals surface area contributed by atoms with Crippen LogP contribution in [0.2, 0.25) is 5.15 Å². The summed E-state index contributed by atoms with van der Waals surface area (Å²) in [7, 11) is -2.30. The van der Waals surface area contributed by atoms with Gasteiger partial charge in [-0.15, -0.1) is 0 Å². The minimum atomic E-state index is -3.62. The molecule has 0 aliphatic rings. The summed E-state index contributed by atoms with van der Waals surface area (Å²) < 4.78 is 26.2. The maximum Gasteiger partial charge on any atom is 0.255 e. The Morgan fingerprint density at radius 1 is 1.32 bits per heavy atom. The average molecular weight is 402 g/mol. The van der Waals surface area contributed by atoms with Crippen molar-refractivity contribution in [2.45, 2.75) is 17.0 Å². The first-order chi connectivity index (χ1) is 11.7. The van der Waals surface area contributed by atoms with E-state index in [0.717, 1.165) is 5.56 Å². The van der Waals surface area contributed by atoms with Crippen LogP contribution in [0.25, 0.3) is 0 Å². The van der Waals surface area contributed by atoms with Gasteiger partial charge in [-0.1, -0.05) is 29.4 Å². The molecule has 8 nitrogen and oxygen atoms in total. The number of aryl methyl sites for hydroxylation is 1. The van der Waals surface area contributed by atoms with Crippen molar-refractivity contribution in [1.29, 1.82) is 0 Å². The minimum absolute atomic E-state index is 0.0639. The van der Waals surface area contributed by atoms with Gasteiger partial charge in [0.2, 0.25) is 10.0 Å². The number of hydrogen-bond donors (Lipinski definition) is 3. The Morgan fingerprint density at radius 2 is 2.00 bits per heavy atom. The molecule has 11 heteroatoms. The second kappa shape index (κ2) is 7.56. The lowest BCUT2D eigenvalue weighted by atomic mass is 10.2. The SMILES string of the molecule is CNS(=O)(=O)c1ccc(C)c(Nc2nc(SC)nc(Cl)c2C(N)=O)c1. The van der Waals surface area contributed by atoms with Gasteiger partial charge in [0.1, 0.15) is 16.5 Å². The highest BCUT2D eigenvalue weighted by atomic mass is 35.5. The van der Waals surface area contributed by atoms with Gasteiger partial charge in [-0.05, 0) is 37.9 Å². The quantitative estimate of drug-likeness (QED) is 0.383. The standard InChI is InChI=1S/C14H16ClN5O3S2/c1-7-4-5-8(25(22,23)17-2)6-9(7)18-13-10(12(16)21)11(15)19-14(20-13)24-3/h4-6,17H,1-3H3,(H2,16,21)(H,18,19,20). The summed E-state index contributed by atoms with van der Waals surface area (Å²) in [6, 6.07) is 4.54. The number of sulfonamides is 1. The van der Waals surface area contributed by atoms with Crippen LogP contribution in [0.5, 0.6) is 0 Å². The summed E-state index contributed by atoms with van der Waals surface area (Å²) in [5.74, 6) is -0.684. The van der Waals surface area contributed by atoms with Crippen LogP contribution in [-0.2, 0) is 10.0 Å². The van der Waals surface area contributed by atoms with Crippen molar-refractivity contribution in [2.24, 2.45) is 5.73 Å². The summed E-state index contributed by atoms with van der Waals surface area (Å²) >= 11 is 7.27. The number of thioether (sulfide) groups is 1. The number of anilines is 2. The zero-order valence-electron chi connectivity index (χ0n) is 13.6. The van der Waals surface area contributed by atoms with Crippen molar-refractivity contribution in [1.82, 2.24) is 14.7 Å². The molecule has 25 heavy (non-hydrogen) atoms. The molecular formula is C14H16ClN5O3S2. The summed E-state index contributed by atoms with van der Waals surface area (Å²) in [5, 5.41) is 3.20. The number of nitrogens with zero attached hydrogens (tertiary/aromatic N) is 2. The Hall–Kier alpha value is -1.88. The summed E-state index contributed by atoms with van der Waals surface area (Å²) in [5.41, 5.74) is 6.48. The van der Waals surface area contributed by atoms with Gasteiger partial charge in [-0.3, -0.25) is 4.79 Å². The van der Waals surface area contributed by atoms with E-state index in [2.05, 4.69) is 20.0 Å². The summed E-state index contributed by atoms with van der Waals surface area (Å²) in [4.78, 5) is 19.9. The van der Waals surface area contributed by atoms with Crippen LogP contribution >= 0.6 is 23.4 Å². The maximum absolute atomic E-state index is 12.0. The van der Waals surface area contributed by atoms with Crippen LogP contribution in [0.1, 0.15) is 15.9 Å². The molecule has 0 fully saturated rings. The molecule has 0 bridgehead atoms. The van der Waals surface area contributed by atoms with Crippen LogP contribution in [0, 0.1) is 6.92 Å². The number of nitrogens with one attached hydrogen (secondary N) is 2. The summed E-state index contributed by atoms with van der Waals surface area (Å²) in [6.45, 7) is 1.78. The monoisotopic (exact) mass is 401 g/mol. The van der Waals surface area contributed by atoms with E-state index in [1.54, 1.807) is 19.2 Å². The maximum atomic E-state index is 12.0. The Balaban J connectivity index is 2.58. The molecule has 0 aliphatic carbocycles. The van der Waals surface area contributed by atoms with Gasteiger partial charge < -0.3 is 11.1 Å². The second-order valence-corrected chi connectivity index (χ2v) is 7.92. The molecule has 0 unspecified atom stereocenters. The van der Waals surface area contributed by atoms with Crippen molar-refractivity contribution >= 4 is 50.8 Å². The first-order valence-corrected chi connectivity index (χ1v) is 10.0. The molecule has 4 N–H and O–H groups in total.